The van der Waals surface area contributed by atoms with Crippen LogP contribution in [0.4, 0.5) is 0 Å². The Morgan fingerprint density at radius 3 is 2.78 bits per heavy atom. The van der Waals surface area contributed by atoms with Gasteiger partial charge in [0.05, 0.1) is 12.2 Å². The van der Waals surface area contributed by atoms with Crippen molar-refractivity contribution in [2.75, 3.05) is 6.61 Å². The molecule has 0 saturated carbocycles. The summed E-state index contributed by atoms with van der Waals surface area (Å²) in [6.45, 7) is 6.97. The predicted molar refractivity (Wildman–Crippen MR) is 68.1 cm³/mol. The molecule has 5 heteroatoms. The molecule has 2 heterocycles. The Kier molecular flexibility index (Phi) is 3.43. The van der Waals surface area contributed by atoms with E-state index in [-0.39, 0.29) is 5.91 Å². The highest BCUT2D eigenvalue weighted by Gasteiger charge is 2.37. The van der Waals surface area contributed by atoms with Crippen molar-refractivity contribution in [3.05, 3.63) is 17.2 Å². The number of nitrogens with zero attached hydrogens (tertiary/aromatic N) is 2. The third kappa shape index (κ3) is 2.27. The summed E-state index contributed by atoms with van der Waals surface area (Å²) in [5.41, 5.74) is 1.47. The quantitative estimate of drug-likeness (QED) is 0.879. The Hall–Kier alpha value is -1.36. The van der Waals surface area contributed by atoms with Crippen molar-refractivity contribution in [1.82, 2.24) is 14.9 Å². The minimum absolute atomic E-state index is 0.0432. The number of hydrogen-bond acceptors (Lipinski definition) is 3. The first-order valence-electron chi connectivity index (χ1n) is 6.35. The van der Waals surface area contributed by atoms with E-state index in [2.05, 4.69) is 10.3 Å². The van der Waals surface area contributed by atoms with E-state index in [9.17, 15) is 4.79 Å². The average Bonchev–Trinajstić information content (AvgIpc) is 2.88. The maximum Gasteiger partial charge on any atom is 0.252 e. The SMILES string of the molecule is Cc1nc(CNC(=O)C2(C)CCCO2)n(C)c1C. The zero-order chi connectivity index (χ0) is 13.3. The fraction of sp³-hybridized carbons (Fsp3) is 0.692. The van der Waals surface area contributed by atoms with Crippen LogP contribution < -0.4 is 5.32 Å². The second-order valence-corrected chi connectivity index (χ2v) is 5.12. The van der Waals surface area contributed by atoms with E-state index in [1.807, 2.05) is 32.4 Å². The highest BCUT2D eigenvalue weighted by atomic mass is 16.5. The molecule has 2 rings (SSSR count). The molecule has 1 aliphatic rings. The van der Waals surface area contributed by atoms with Gasteiger partial charge in [-0.05, 0) is 33.6 Å². The molecule has 1 unspecified atom stereocenters. The predicted octanol–water partition coefficient (Wildman–Crippen LogP) is 1.22. The van der Waals surface area contributed by atoms with Crippen LogP contribution in [0.2, 0.25) is 0 Å². The topological polar surface area (TPSA) is 56.1 Å². The van der Waals surface area contributed by atoms with Crippen LogP contribution >= 0.6 is 0 Å². The summed E-state index contributed by atoms with van der Waals surface area (Å²) in [6, 6.07) is 0. The third-order valence-corrected chi connectivity index (χ3v) is 3.82. The number of carbonyl (C=O) groups is 1. The summed E-state index contributed by atoms with van der Waals surface area (Å²) in [6.07, 6.45) is 1.74. The molecule has 1 amide bonds. The first-order chi connectivity index (χ1) is 8.44. The number of ether oxygens (including phenoxy) is 1. The van der Waals surface area contributed by atoms with Crippen LogP contribution in [0, 0.1) is 13.8 Å². The first kappa shape index (κ1) is 13.1. The molecule has 18 heavy (non-hydrogen) atoms. The second kappa shape index (κ2) is 4.72. The molecular weight excluding hydrogens is 230 g/mol. The highest BCUT2D eigenvalue weighted by molar-refractivity contribution is 5.84. The molecule has 1 aromatic rings. The molecule has 0 bridgehead atoms. The van der Waals surface area contributed by atoms with Crippen molar-refractivity contribution < 1.29 is 9.53 Å². The van der Waals surface area contributed by atoms with Gasteiger partial charge in [0.1, 0.15) is 11.4 Å². The number of aryl methyl sites for hydroxylation is 1. The van der Waals surface area contributed by atoms with Gasteiger partial charge in [0.2, 0.25) is 0 Å². The molecule has 1 fully saturated rings. The lowest BCUT2D eigenvalue weighted by Gasteiger charge is -2.21. The number of imidazole rings is 1. The maximum absolute atomic E-state index is 12.1. The molecule has 1 N–H and O–H groups in total. The van der Waals surface area contributed by atoms with Gasteiger partial charge in [0.15, 0.2) is 0 Å². The van der Waals surface area contributed by atoms with Crippen LogP contribution in [-0.4, -0.2) is 27.7 Å². The van der Waals surface area contributed by atoms with Crippen LogP contribution in [0.5, 0.6) is 0 Å². The van der Waals surface area contributed by atoms with Gasteiger partial charge in [-0.25, -0.2) is 4.98 Å². The highest BCUT2D eigenvalue weighted by Crippen LogP contribution is 2.25. The number of hydrogen-bond donors (Lipinski definition) is 1. The molecular formula is C13H21N3O2. The summed E-state index contributed by atoms with van der Waals surface area (Å²) >= 11 is 0. The molecule has 0 aromatic carbocycles. The van der Waals surface area contributed by atoms with E-state index in [0.29, 0.717) is 13.2 Å². The molecule has 1 saturated heterocycles. The third-order valence-electron chi connectivity index (χ3n) is 3.82. The molecule has 100 valence electrons. The molecule has 1 aliphatic heterocycles. The molecule has 1 atom stereocenters. The number of carbonyl (C=O) groups excluding carboxylic acids is 1. The zero-order valence-corrected chi connectivity index (χ0v) is 11.5. The lowest BCUT2D eigenvalue weighted by molar-refractivity contribution is -0.139. The summed E-state index contributed by atoms with van der Waals surface area (Å²) in [5, 5.41) is 2.92. The second-order valence-electron chi connectivity index (χ2n) is 5.12. The van der Waals surface area contributed by atoms with Crippen LogP contribution in [0.3, 0.4) is 0 Å². The monoisotopic (exact) mass is 251 g/mol. The van der Waals surface area contributed by atoms with Crippen molar-refractivity contribution >= 4 is 5.91 Å². The van der Waals surface area contributed by atoms with Crippen LogP contribution in [0.25, 0.3) is 0 Å². The van der Waals surface area contributed by atoms with Crippen LogP contribution in [-0.2, 0) is 23.1 Å². The Bertz CT molecular complexity index is 459. The van der Waals surface area contributed by atoms with Crippen LogP contribution in [0.15, 0.2) is 0 Å². The van der Waals surface area contributed by atoms with Gasteiger partial charge in [-0.1, -0.05) is 0 Å². The van der Waals surface area contributed by atoms with E-state index in [0.717, 1.165) is 30.1 Å². The summed E-state index contributed by atoms with van der Waals surface area (Å²) in [5.74, 6) is 0.832. The Labute approximate surface area is 108 Å². The van der Waals surface area contributed by atoms with Gasteiger partial charge in [-0.3, -0.25) is 4.79 Å². The summed E-state index contributed by atoms with van der Waals surface area (Å²) < 4.78 is 7.52. The Balaban J connectivity index is 1.99. The lowest BCUT2D eigenvalue weighted by Crippen LogP contribution is -2.43. The fourth-order valence-electron chi connectivity index (χ4n) is 2.25. The lowest BCUT2D eigenvalue weighted by atomic mass is 10.0. The van der Waals surface area contributed by atoms with Gasteiger partial charge in [0.25, 0.3) is 5.91 Å². The minimum Gasteiger partial charge on any atom is -0.365 e. The largest absolute Gasteiger partial charge is 0.365 e. The maximum atomic E-state index is 12.1. The number of nitrogens with one attached hydrogen (secondary N) is 1. The van der Waals surface area contributed by atoms with Crippen molar-refractivity contribution in [3.63, 3.8) is 0 Å². The van der Waals surface area contributed by atoms with Crippen molar-refractivity contribution in [2.45, 2.75) is 45.8 Å². The standard InChI is InChI=1S/C13H21N3O2/c1-9-10(2)16(4)11(15-9)8-14-12(17)13(3)6-5-7-18-13/h5-8H2,1-4H3,(H,14,17). The van der Waals surface area contributed by atoms with Gasteiger partial charge < -0.3 is 14.6 Å². The van der Waals surface area contributed by atoms with Gasteiger partial charge >= 0.3 is 0 Å². The molecule has 0 aliphatic carbocycles. The van der Waals surface area contributed by atoms with Crippen molar-refractivity contribution in [2.24, 2.45) is 7.05 Å². The van der Waals surface area contributed by atoms with Crippen molar-refractivity contribution in [3.8, 4) is 0 Å². The Morgan fingerprint density at radius 1 is 1.56 bits per heavy atom. The molecule has 5 nitrogen and oxygen atoms in total. The van der Waals surface area contributed by atoms with Crippen molar-refractivity contribution in [1.29, 1.82) is 0 Å². The first-order valence-corrected chi connectivity index (χ1v) is 6.35. The van der Waals surface area contributed by atoms with E-state index < -0.39 is 5.60 Å². The zero-order valence-electron chi connectivity index (χ0n) is 11.5. The molecule has 0 radical (unpaired) electrons. The summed E-state index contributed by atoms with van der Waals surface area (Å²) in [7, 11) is 1.96. The van der Waals surface area contributed by atoms with E-state index in [1.54, 1.807) is 0 Å². The van der Waals surface area contributed by atoms with Gasteiger partial charge in [-0.2, -0.15) is 0 Å². The van der Waals surface area contributed by atoms with E-state index in [4.69, 9.17) is 4.74 Å². The molecule has 0 spiro atoms. The Morgan fingerprint density at radius 2 is 2.28 bits per heavy atom. The van der Waals surface area contributed by atoms with E-state index in [1.165, 1.54) is 0 Å². The van der Waals surface area contributed by atoms with Gasteiger partial charge in [0, 0.05) is 19.3 Å². The fourth-order valence-corrected chi connectivity index (χ4v) is 2.25. The number of amides is 1. The molecule has 1 aromatic heterocycles. The summed E-state index contributed by atoms with van der Waals surface area (Å²) in [4.78, 5) is 16.5. The number of aromatic nitrogens is 2. The number of rotatable bonds is 3. The van der Waals surface area contributed by atoms with Crippen LogP contribution in [0.1, 0.15) is 37.0 Å². The van der Waals surface area contributed by atoms with E-state index >= 15 is 0 Å². The minimum atomic E-state index is -0.657. The van der Waals surface area contributed by atoms with Gasteiger partial charge in [-0.15, -0.1) is 0 Å². The smallest absolute Gasteiger partial charge is 0.252 e. The normalized spacial score (nSPS) is 23.3. The average molecular weight is 251 g/mol.